The second kappa shape index (κ2) is 10.1. The van der Waals surface area contributed by atoms with Crippen LogP contribution in [0, 0.1) is 0 Å². The number of carbonyl (C=O) groups is 3. The fourth-order valence-corrected chi connectivity index (χ4v) is 2.13. The Bertz CT molecular complexity index is 857. The Morgan fingerprint density at radius 2 is 1.59 bits per heavy atom. The Morgan fingerprint density at radius 1 is 0.897 bits per heavy atom. The number of ether oxygens (including phenoxy) is 1. The van der Waals surface area contributed by atoms with Crippen molar-refractivity contribution in [2.75, 3.05) is 13.2 Å². The van der Waals surface area contributed by atoms with Gasteiger partial charge in [-0.25, -0.2) is 0 Å². The molecule has 0 aliphatic carbocycles. The van der Waals surface area contributed by atoms with Gasteiger partial charge in [0.05, 0.1) is 5.56 Å². The molecule has 0 bridgehead atoms. The van der Waals surface area contributed by atoms with Crippen LogP contribution in [0.15, 0.2) is 54.6 Å². The van der Waals surface area contributed by atoms with E-state index >= 15 is 0 Å². The first kappa shape index (κ1) is 21.7. The minimum Gasteiger partial charge on any atom is -0.484 e. The van der Waals surface area contributed by atoms with Crippen LogP contribution in [-0.2, 0) is 15.8 Å². The van der Waals surface area contributed by atoms with Crippen LogP contribution in [0.5, 0.6) is 5.75 Å². The lowest BCUT2D eigenvalue weighted by Gasteiger charge is -2.11. The summed E-state index contributed by atoms with van der Waals surface area (Å²) in [6.45, 7) is -0.539. The zero-order valence-electron chi connectivity index (χ0n) is 15.1. The molecule has 29 heavy (non-hydrogen) atoms. The van der Waals surface area contributed by atoms with Crippen LogP contribution in [0.2, 0.25) is 0 Å². The molecule has 10 heteroatoms. The van der Waals surface area contributed by atoms with Crippen molar-refractivity contribution >= 4 is 17.7 Å². The van der Waals surface area contributed by atoms with Crippen molar-refractivity contribution in [1.82, 2.24) is 16.2 Å². The highest BCUT2D eigenvalue weighted by Gasteiger charge is 2.30. The number of hydrogen-bond acceptors (Lipinski definition) is 4. The van der Waals surface area contributed by atoms with Gasteiger partial charge in [0.25, 0.3) is 11.8 Å². The van der Waals surface area contributed by atoms with Gasteiger partial charge in [0, 0.05) is 18.5 Å². The summed E-state index contributed by atoms with van der Waals surface area (Å²) >= 11 is 0. The average Bonchev–Trinajstić information content (AvgIpc) is 2.71. The van der Waals surface area contributed by atoms with E-state index in [0.29, 0.717) is 5.56 Å². The summed E-state index contributed by atoms with van der Waals surface area (Å²) in [4.78, 5) is 35.1. The minimum atomic E-state index is -4.52. The van der Waals surface area contributed by atoms with Crippen molar-refractivity contribution in [3.05, 3.63) is 65.7 Å². The fourth-order valence-electron chi connectivity index (χ4n) is 2.13. The molecule has 0 unspecified atom stereocenters. The van der Waals surface area contributed by atoms with Crippen molar-refractivity contribution < 1.29 is 32.3 Å². The smallest absolute Gasteiger partial charge is 0.416 e. The topological polar surface area (TPSA) is 96.5 Å². The highest BCUT2D eigenvalue weighted by atomic mass is 19.4. The summed E-state index contributed by atoms with van der Waals surface area (Å²) in [6.07, 6.45) is -4.61. The van der Waals surface area contributed by atoms with Gasteiger partial charge in [-0.15, -0.1) is 0 Å². The van der Waals surface area contributed by atoms with Gasteiger partial charge in [0.1, 0.15) is 5.75 Å². The van der Waals surface area contributed by atoms with E-state index in [1.54, 1.807) is 30.3 Å². The number of rotatable bonds is 7. The molecule has 3 amide bonds. The highest BCUT2D eigenvalue weighted by molar-refractivity contribution is 5.94. The molecule has 0 heterocycles. The number of carbonyl (C=O) groups excluding carboxylic acids is 3. The normalized spacial score (nSPS) is 10.7. The maximum absolute atomic E-state index is 12.6. The number of nitrogens with one attached hydrogen (secondary N) is 3. The molecular formula is C19H18F3N3O4. The lowest BCUT2D eigenvalue weighted by Crippen LogP contribution is -2.44. The monoisotopic (exact) mass is 409 g/mol. The number of alkyl halides is 3. The van der Waals surface area contributed by atoms with Crippen LogP contribution < -0.4 is 20.9 Å². The molecule has 7 nitrogen and oxygen atoms in total. The van der Waals surface area contributed by atoms with Crippen LogP contribution in [-0.4, -0.2) is 30.9 Å². The Kier molecular flexibility index (Phi) is 7.58. The second-order valence-electron chi connectivity index (χ2n) is 5.78. The summed E-state index contributed by atoms with van der Waals surface area (Å²) in [5.41, 5.74) is 3.74. The molecule has 0 fully saturated rings. The summed E-state index contributed by atoms with van der Waals surface area (Å²) in [5.74, 6) is -1.79. The zero-order valence-corrected chi connectivity index (χ0v) is 15.1. The quantitative estimate of drug-likeness (QED) is 0.610. The molecule has 0 atom stereocenters. The Morgan fingerprint density at radius 3 is 2.28 bits per heavy atom. The predicted molar refractivity (Wildman–Crippen MR) is 96.6 cm³/mol. The van der Waals surface area contributed by atoms with Crippen molar-refractivity contribution in [3.8, 4) is 5.75 Å². The van der Waals surface area contributed by atoms with Gasteiger partial charge in [-0.05, 0) is 30.3 Å². The molecule has 0 saturated carbocycles. The molecule has 0 aliphatic rings. The predicted octanol–water partition coefficient (Wildman–Crippen LogP) is 2.05. The molecule has 0 saturated heterocycles. The van der Waals surface area contributed by atoms with E-state index in [0.717, 1.165) is 18.2 Å². The first-order chi connectivity index (χ1) is 13.8. The molecule has 0 spiro atoms. The highest BCUT2D eigenvalue weighted by Crippen LogP contribution is 2.31. The lowest BCUT2D eigenvalue weighted by molar-refractivity contribution is -0.137. The van der Waals surface area contributed by atoms with E-state index in [2.05, 4.69) is 16.2 Å². The largest absolute Gasteiger partial charge is 0.484 e. The number of benzene rings is 2. The van der Waals surface area contributed by atoms with Crippen LogP contribution in [0.3, 0.4) is 0 Å². The van der Waals surface area contributed by atoms with Crippen LogP contribution in [0.1, 0.15) is 22.3 Å². The summed E-state index contributed by atoms with van der Waals surface area (Å²) < 4.78 is 42.8. The second-order valence-corrected chi connectivity index (χ2v) is 5.78. The first-order valence-electron chi connectivity index (χ1n) is 8.46. The van der Waals surface area contributed by atoms with Gasteiger partial charge in [0.15, 0.2) is 6.61 Å². The molecule has 0 aromatic heterocycles. The van der Waals surface area contributed by atoms with Gasteiger partial charge in [0.2, 0.25) is 5.91 Å². The van der Waals surface area contributed by atoms with Gasteiger partial charge in [-0.3, -0.25) is 25.2 Å². The lowest BCUT2D eigenvalue weighted by atomic mass is 10.2. The number of amides is 3. The van der Waals surface area contributed by atoms with E-state index in [-0.39, 0.29) is 24.6 Å². The van der Waals surface area contributed by atoms with Gasteiger partial charge < -0.3 is 10.1 Å². The van der Waals surface area contributed by atoms with Crippen LogP contribution in [0.25, 0.3) is 0 Å². The van der Waals surface area contributed by atoms with E-state index in [1.807, 2.05) is 0 Å². The van der Waals surface area contributed by atoms with Crippen molar-refractivity contribution in [3.63, 3.8) is 0 Å². The minimum absolute atomic E-state index is 0.0518. The third-order valence-corrected chi connectivity index (χ3v) is 3.55. The van der Waals surface area contributed by atoms with E-state index in [4.69, 9.17) is 4.74 Å². The molecule has 3 N–H and O–H groups in total. The van der Waals surface area contributed by atoms with Gasteiger partial charge in [-0.2, -0.15) is 13.2 Å². The van der Waals surface area contributed by atoms with Crippen molar-refractivity contribution in [1.29, 1.82) is 0 Å². The fraction of sp³-hybridized carbons (Fsp3) is 0.211. The van der Waals surface area contributed by atoms with E-state index in [9.17, 15) is 27.6 Å². The zero-order chi connectivity index (χ0) is 21.3. The Hall–Kier alpha value is -3.56. The number of halogens is 3. The Labute approximate surface area is 164 Å². The van der Waals surface area contributed by atoms with Gasteiger partial charge in [-0.1, -0.05) is 24.3 Å². The van der Waals surface area contributed by atoms with Gasteiger partial charge >= 0.3 is 6.18 Å². The molecule has 2 rings (SSSR count). The molecular weight excluding hydrogens is 391 g/mol. The summed E-state index contributed by atoms with van der Waals surface area (Å²) in [6, 6.07) is 12.5. The first-order valence-corrected chi connectivity index (χ1v) is 8.46. The average molecular weight is 409 g/mol. The SMILES string of the molecule is O=C(CCNC(=O)c1ccccc1)NNC(=O)COc1cccc(C(F)(F)F)c1. The molecule has 154 valence electrons. The molecule has 2 aromatic rings. The van der Waals surface area contributed by atoms with Crippen molar-refractivity contribution in [2.45, 2.75) is 12.6 Å². The summed E-state index contributed by atoms with van der Waals surface area (Å²) in [7, 11) is 0. The number of hydrazine groups is 1. The third-order valence-electron chi connectivity index (χ3n) is 3.55. The summed E-state index contributed by atoms with van der Waals surface area (Å²) in [5, 5.41) is 2.55. The van der Waals surface area contributed by atoms with Crippen molar-refractivity contribution in [2.24, 2.45) is 0 Å². The maximum atomic E-state index is 12.6. The van der Waals surface area contributed by atoms with E-state index < -0.39 is 30.2 Å². The van der Waals surface area contributed by atoms with Crippen LogP contribution in [0.4, 0.5) is 13.2 Å². The van der Waals surface area contributed by atoms with Crippen LogP contribution >= 0.6 is 0 Å². The Balaban J connectivity index is 1.66. The molecule has 0 radical (unpaired) electrons. The molecule has 0 aliphatic heterocycles. The third kappa shape index (κ3) is 7.53. The number of hydrogen-bond donors (Lipinski definition) is 3. The molecule has 2 aromatic carbocycles. The standard InChI is InChI=1S/C19H18F3N3O4/c20-19(21,22)14-7-4-8-15(11-14)29-12-17(27)25-24-16(26)9-10-23-18(28)13-5-2-1-3-6-13/h1-8,11H,9-10,12H2,(H,23,28)(H,24,26)(H,25,27). The van der Waals surface area contributed by atoms with E-state index in [1.165, 1.54) is 6.07 Å². The maximum Gasteiger partial charge on any atom is 0.416 e.